The van der Waals surface area contributed by atoms with Gasteiger partial charge in [0.05, 0.1) is 6.61 Å². The molecule has 0 saturated heterocycles. The van der Waals surface area contributed by atoms with E-state index < -0.39 is 18.0 Å². The van der Waals surface area contributed by atoms with Crippen LogP contribution in [0, 0.1) is 0 Å². The number of carbonyl (C=O) groups excluding carboxylic acids is 1. The zero-order chi connectivity index (χ0) is 15.9. The number of halogens is 3. The number of esters is 1. The van der Waals surface area contributed by atoms with Crippen molar-refractivity contribution in [2.75, 3.05) is 18.5 Å². The Labute approximate surface area is 128 Å². The smallest absolute Gasteiger partial charge is 0.405 e. The summed E-state index contributed by atoms with van der Waals surface area (Å²) in [7, 11) is 0. The summed E-state index contributed by atoms with van der Waals surface area (Å²) in [4.78, 5) is 11.6. The predicted octanol–water partition coefficient (Wildman–Crippen LogP) is 3.34. The van der Waals surface area contributed by atoms with E-state index >= 15 is 0 Å². The highest BCUT2D eigenvalue weighted by molar-refractivity contribution is 8.02. The van der Waals surface area contributed by atoms with E-state index in [2.05, 4.69) is 15.5 Å². The highest BCUT2D eigenvalue weighted by Gasteiger charge is 2.27. The first kappa shape index (κ1) is 18.0. The number of nitrogens with one attached hydrogen (secondary N) is 1. The zero-order valence-electron chi connectivity index (χ0n) is 11.6. The lowest BCUT2D eigenvalue weighted by Gasteiger charge is -2.08. The van der Waals surface area contributed by atoms with Crippen molar-refractivity contribution in [3.05, 3.63) is 0 Å². The van der Waals surface area contributed by atoms with Gasteiger partial charge in [-0.05, 0) is 13.3 Å². The molecule has 5 nitrogen and oxygen atoms in total. The summed E-state index contributed by atoms with van der Waals surface area (Å²) in [6.45, 7) is 2.85. The summed E-state index contributed by atoms with van der Waals surface area (Å²) in [5.74, 6) is -0.367. The Hall–Kier alpha value is -1.03. The van der Waals surface area contributed by atoms with E-state index in [1.165, 1.54) is 0 Å². The Morgan fingerprint density at radius 2 is 2.19 bits per heavy atom. The summed E-state index contributed by atoms with van der Waals surface area (Å²) in [6, 6.07) is 0. The van der Waals surface area contributed by atoms with E-state index in [4.69, 9.17) is 4.74 Å². The van der Waals surface area contributed by atoms with E-state index in [9.17, 15) is 18.0 Å². The van der Waals surface area contributed by atoms with Gasteiger partial charge < -0.3 is 10.1 Å². The van der Waals surface area contributed by atoms with E-state index in [0.29, 0.717) is 10.9 Å². The molecular formula is C11H16F3N3O2S2. The monoisotopic (exact) mass is 343 g/mol. The average molecular weight is 343 g/mol. The molecule has 0 aliphatic rings. The van der Waals surface area contributed by atoms with Gasteiger partial charge in [-0.15, -0.1) is 10.2 Å². The molecule has 1 unspecified atom stereocenters. The maximum Gasteiger partial charge on any atom is 0.405 e. The van der Waals surface area contributed by atoms with Crippen LogP contribution >= 0.6 is 23.1 Å². The fraction of sp³-hybridized carbons (Fsp3) is 0.727. The quantitative estimate of drug-likeness (QED) is 0.444. The van der Waals surface area contributed by atoms with Crippen LogP contribution in [0.25, 0.3) is 0 Å². The first-order valence-electron chi connectivity index (χ1n) is 6.29. The van der Waals surface area contributed by atoms with E-state index in [-0.39, 0.29) is 11.1 Å². The van der Waals surface area contributed by atoms with Gasteiger partial charge in [-0.3, -0.25) is 4.79 Å². The lowest BCUT2D eigenvalue weighted by atomic mass is 10.4. The number of ether oxygens (including phenoxy) is 1. The second-order valence-electron chi connectivity index (χ2n) is 4.12. The number of hydrogen-bond acceptors (Lipinski definition) is 7. The maximum atomic E-state index is 12.0. The molecule has 1 aromatic heterocycles. The van der Waals surface area contributed by atoms with Crippen LogP contribution in [-0.2, 0) is 9.53 Å². The molecule has 0 bridgehead atoms. The third kappa shape index (κ3) is 7.51. The van der Waals surface area contributed by atoms with Crippen molar-refractivity contribution < 1.29 is 22.7 Å². The topological polar surface area (TPSA) is 64.1 Å². The largest absolute Gasteiger partial charge is 0.465 e. The lowest BCUT2D eigenvalue weighted by Crippen LogP contribution is -2.21. The van der Waals surface area contributed by atoms with Crippen LogP contribution in [0.2, 0.25) is 0 Å². The maximum absolute atomic E-state index is 12.0. The highest BCUT2D eigenvalue weighted by Crippen LogP contribution is 2.30. The molecule has 21 heavy (non-hydrogen) atoms. The van der Waals surface area contributed by atoms with Crippen LogP contribution in [-0.4, -0.2) is 40.7 Å². The van der Waals surface area contributed by atoms with Gasteiger partial charge in [-0.1, -0.05) is 36.4 Å². The second kappa shape index (κ2) is 8.42. The van der Waals surface area contributed by atoms with Crippen molar-refractivity contribution in [3.63, 3.8) is 0 Å². The molecule has 120 valence electrons. The van der Waals surface area contributed by atoms with Gasteiger partial charge >= 0.3 is 12.1 Å². The molecule has 1 N–H and O–H groups in total. The molecule has 0 aromatic carbocycles. The Balaban J connectivity index is 2.41. The van der Waals surface area contributed by atoms with Crippen molar-refractivity contribution >= 4 is 34.2 Å². The number of hydrogen-bond donors (Lipinski definition) is 1. The number of aromatic nitrogens is 2. The number of carbonyl (C=O) groups is 1. The molecule has 0 saturated carbocycles. The number of thioether (sulfide) groups is 1. The standard InChI is InChI=1S/C11H16F3N3O2S2/c1-3-4-5-19-8(18)7(2)20-10-17-16-9(21-10)15-6-11(12,13)14/h7H,3-6H2,1-2H3,(H,15,16). The SMILES string of the molecule is CCCCOC(=O)C(C)Sc1nnc(NCC(F)(F)F)s1. The minimum atomic E-state index is -4.31. The van der Waals surface area contributed by atoms with Crippen molar-refractivity contribution in [3.8, 4) is 0 Å². The molecule has 1 heterocycles. The summed E-state index contributed by atoms with van der Waals surface area (Å²) in [5, 5.41) is 9.05. The van der Waals surface area contributed by atoms with Gasteiger partial charge in [-0.25, -0.2) is 0 Å². The normalized spacial score (nSPS) is 13.0. The molecule has 1 aromatic rings. The van der Waals surface area contributed by atoms with E-state index in [0.717, 1.165) is 35.9 Å². The molecule has 0 aliphatic heterocycles. The average Bonchev–Trinajstić information content (AvgIpc) is 2.83. The van der Waals surface area contributed by atoms with E-state index in [1.54, 1.807) is 6.92 Å². The van der Waals surface area contributed by atoms with Crippen LogP contribution in [0.4, 0.5) is 18.3 Å². The number of anilines is 1. The Morgan fingerprint density at radius 3 is 2.81 bits per heavy atom. The molecule has 0 aliphatic carbocycles. The van der Waals surface area contributed by atoms with Crippen molar-refractivity contribution in [2.24, 2.45) is 0 Å². The molecule has 10 heteroatoms. The molecule has 0 spiro atoms. The fourth-order valence-electron chi connectivity index (χ4n) is 1.14. The molecule has 1 atom stereocenters. The summed E-state index contributed by atoms with van der Waals surface area (Å²) < 4.78 is 41.6. The van der Waals surface area contributed by atoms with Crippen molar-refractivity contribution in [1.82, 2.24) is 10.2 Å². The first-order chi connectivity index (χ1) is 9.81. The molecule has 0 fully saturated rings. The van der Waals surface area contributed by atoms with Crippen LogP contribution in [0.5, 0.6) is 0 Å². The highest BCUT2D eigenvalue weighted by atomic mass is 32.2. The van der Waals surface area contributed by atoms with Crippen molar-refractivity contribution in [2.45, 2.75) is 42.5 Å². The number of unbranched alkanes of at least 4 members (excludes halogenated alkanes) is 1. The van der Waals surface area contributed by atoms with E-state index in [1.807, 2.05) is 6.92 Å². The molecular weight excluding hydrogens is 327 g/mol. The predicted molar refractivity (Wildman–Crippen MR) is 75.6 cm³/mol. The number of nitrogens with zero attached hydrogens (tertiary/aromatic N) is 2. The summed E-state index contributed by atoms with van der Waals surface area (Å²) in [6.07, 6.45) is -2.58. The fourth-order valence-corrected chi connectivity index (χ4v) is 3.03. The van der Waals surface area contributed by atoms with Gasteiger partial charge in [0, 0.05) is 0 Å². The molecule has 0 radical (unpaired) electrons. The minimum Gasteiger partial charge on any atom is -0.465 e. The second-order valence-corrected chi connectivity index (χ2v) is 6.69. The summed E-state index contributed by atoms with van der Waals surface area (Å²) in [5.41, 5.74) is 0. The van der Waals surface area contributed by atoms with Gasteiger partial charge in [0.2, 0.25) is 5.13 Å². The van der Waals surface area contributed by atoms with Gasteiger partial charge in [0.1, 0.15) is 11.8 Å². The zero-order valence-corrected chi connectivity index (χ0v) is 13.2. The molecule has 1 rings (SSSR count). The van der Waals surface area contributed by atoms with Crippen molar-refractivity contribution in [1.29, 1.82) is 0 Å². The van der Waals surface area contributed by atoms with Crippen LogP contribution < -0.4 is 5.32 Å². The first-order valence-corrected chi connectivity index (χ1v) is 7.99. The van der Waals surface area contributed by atoms with Crippen LogP contribution in [0.15, 0.2) is 4.34 Å². The third-order valence-corrected chi connectivity index (χ3v) is 4.24. The lowest BCUT2D eigenvalue weighted by molar-refractivity contribution is -0.142. The van der Waals surface area contributed by atoms with Crippen LogP contribution in [0.3, 0.4) is 0 Å². The summed E-state index contributed by atoms with van der Waals surface area (Å²) >= 11 is 2.08. The van der Waals surface area contributed by atoms with Gasteiger partial charge in [-0.2, -0.15) is 13.2 Å². The Morgan fingerprint density at radius 1 is 1.48 bits per heavy atom. The Kier molecular flexibility index (Phi) is 7.23. The number of alkyl halides is 3. The number of rotatable bonds is 8. The minimum absolute atomic E-state index is 0.0707. The molecule has 0 amide bonds. The van der Waals surface area contributed by atoms with Crippen LogP contribution in [0.1, 0.15) is 26.7 Å². The van der Waals surface area contributed by atoms with Gasteiger partial charge in [0.15, 0.2) is 4.34 Å². The third-order valence-electron chi connectivity index (χ3n) is 2.20. The Bertz CT molecular complexity index is 454. The van der Waals surface area contributed by atoms with Gasteiger partial charge in [0.25, 0.3) is 0 Å².